The first-order valence-corrected chi connectivity index (χ1v) is 14.0. The number of carbonyl (C=O) groups excluding carboxylic acids is 1. The van der Waals surface area contributed by atoms with Crippen LogP contribution >= 0.6 is 0 Å². The molecule has 1 saturated heterocycles. The first-order chi connectivity index (χ1) is 16.6. The van der Waals surface area contributed by atoms with Crippen LogP contribution < -0.4 is 5.32 Å². The molecular formula is C25H33F3N2O5S. The molecular weight excluding hydrogens is 497 g/mol. The molecule has 4 aliphatic carbocycles. The molecule has 1 aromatic rings. The van der Waals surface area contributed by atoms with Gasteiger partial charge in [0.2, 0.25) is 15.9 Å². The van der Waals surface area contributed by atoms with Crippen LogP contribution in [0.2, 0.25) is 0 Å². The molecule has 4 unspecified atom stereocenters. The summed E-state index contributed by atoms with van der Waals surface area (Å²) in [6.45, 7) is 2.33. The maximum absolute atomic E-state index is 13.6. The molecule has 36 heavy (non-hydrogen) atoms. The number of hydrogen-bond donors (Lipinski definition) is 3. The molecule has 0 radical (unpaired) electrons. The topological polar surface area (TPSA) is 107 Å². The van der Waals surface area contributed by atoms with Crippen molar-refractivity contribution >= 4 is 15.9 Å². The number of benzene rings is 1. The lowest BCUT2D eigenvalue weighted by atomic mass is 9.52. The lowest BCUT2D eigenvalue weighted by Gasteiger charge is -2.58. The van der Waals surface area contributed by atoms with E-state index in [4.69, 9.17) is 0 Å². The molecule has 5 aliphatic rings. The maximum atomic E-state index is 13.6. The number of aliphatic hydroxyl groups is 2. The number of nitrogens with zero attached hydrogens (tertiary/aromatic N) is 1. The molecule has 1 heterocycles. The summed E-state index contributed by atoms with van der Waals surface area (Å²) < 4.78 is 67.7. The number of hydrogen-bond acceptors (Lipinski definition) is 5. The van der Waals surface area contributed by atoms with E-state index in [1.807, 2.05) is 0 Å². The third-order valence-corrected chi connectivity index (χ3v) is 11.2. The summed E-state index contributed by atoms with van der Waals surface area (Å²) in [5.74, 6) is 0.453. The second kappa shape index (κ2) is 8.15. The molecule has 6 rings (SSSR count). The van der Waals surface area contributed by atoms with E-state index in [1.165, 1.54) is 0 Å². The van der Waals surface area contributed by atoms with E-state index >= 15 is 0 Å². The van der Waals surface area contributed by atoms with E-state index in [2.05, 4.69) is 5.32 Å². The summed E-state index contributed by atoms with van der Waals surface area (Å²) in [5.41, 5.74) is -5.57. The van der Waals surface area contributed by atoms with Gasteiger partial charge in [-0.2, -0.15) is 17.5 Å². The van der Waals surface area contributed by atoms with E-state index in [9.17, 15) is 36.6 Å². The fourth-order valence-corrected chi connectivity index (χ4v) is 9.13. The van der Waals surface area contributed by atoms with Crippen molar-refractivity contribution in [2.45, 2.75) is 92.6 Å². The Labute approximate surface area is 209 Å². The van der Waals surface area contributed by atoms with Crippen LogP contribution in [0.4, 0.5) is 13.2 Å². The Balaban J connectivity index is 1.36. The molecule has 3 N–H and O–H groups in total. The number of rotatable bonds is 5. The van der Waals surface area contributed by atoms with Crippen LogP contribution in [0.25, 0.3) is 0 Å². The van der Waals surface area contributed by atoms with Crippen LogP contribution in [-0.2, 0) is 20.4 Å². The van der Waals surface area contributed by atoms with Crippen LogP contribution in [0.1, 0.15) is 64.4 Å². The number of nitrogens with one attached hydrogen (secondary N) is 1. The Bertz CT molecular complexity index is 1140. The molecule has 4 bridgehead atoms. The zero-order chi connectivity index (χ0) is 26.3. The van der Waals surface area contributed by atoms with Crippen molar-refractivity contribution in [3.63, 3.8) is 0 Å². The quantitative estimate of drug-likeness (QED) is 0.543. The summed E-state index contributed by atoms with van der Waals surface area (Å²) in [6.07, 6.45) is -0.0897. The van der Waals surface area contributed by atoms with Gasteiger partial charge in [0.15, 0.2) is 5.60 Å². The van der Waals surface area contributed by atoms with Crippen molar-refractivity contribution in [2.75, 3.05) is 6.54 Å². The zero-order valence-corrected chi connectivity index (χ0v) is 21.2. The Morgan fingerprint density at radius 3 is 2.22 bits per heavy atom. The first kappa shape index (κ1) is 25.9. The van der Waals surface area contributed by atoms with E-state index in [-0.39, 0.29) is 35.2 Å². The van der Waals surface area contributed by atoms with Crippen LogP contribution in [0.15, 0.2) is 29.2 Å². The SMILES string of the molecule is CC(O)(c1ccc(S(=O)(=O)N2CCC[C@]2(C)C(=O)NC2[C@@H]3CC4C[C@H]2CC(O)(C4)C3)cc1)C(F)(F)F. The van der Waals surface area contributed by atoms with Gasteiger partial charge in [0.1, 0.15) is 5.54 Å². The Kier molecular flexibility index (Phi) is 5.87. The molecule has 7 atom stereocenters. The van der Waals surface area contributed by atoms with Gasteiger partial charge in [-0.1, -0.05) is 12.1 Å². The lowest BCUT2D eigenvalue weighted by Crippen LogP contribution is -2.65. The third kappa shape index (κ3) is 3.97. The standard InChI is InChI=1S/C25H33F3N2O5S/c1-22(21(31)29-20-16-10-15-11-17(20)14-24(33,12-15)13-16)8-3-9-30(22)36(34,35)19-6-4-18(5-7-19)23(2,32)25(26,27)28/h4-7,15-17,20,32-33H,3,8-14H2,1-2H3,(H,29,31)/t15?,16-,17+,20?,22-,23?,24?/m1/s1. The third-order valence-electron chi connectivity index (χ3n) is 9.16. The monoisotopic (exact) mass is 530 g/mol. The van der Waals surface area contributed by atoms with Crippen LogP contribution in [0.3, 0.4) is 0 Å². The number of alkyl halides is 3. The van der Waals surface area contributed by atoms with Crippen molar-refractivity contribution in [3.8, 4) is 0 Å². The summed E-state index contributed by atoms with van der Waals surface area (Å²) in [5, 5.41) is 23.9. The van der Waals surface area contributed by atoms with E-state index < -0.39 is 38.5 Å². The molecule has 0 aromatic heterocycles. The molecule has 1 amide bonds. The number of amides is 1. The van der Waals surface area contributed by atoms with Gasteiger partial charge in [-0.15, -0.1) is 0 Å². The first-order valence-electron chi connectivity index (χ1n) is 12.5. The minimum Gasteiger partial charge on any atom is -0.390 e. The van der Waals surface area contributed by atoms with Gasteiger partial charge in [0.25, 0.3) is 0 Å². The molecule has 1 aliphatic heterocycles. The summed E-state index contributed by atoms with van der Waals surface area (Å²) in [4.78, 5) is 13.4. The summed E-state index contributed by atoms with van der Waals surface area (Å²) in [7, 11) is -4.19. The van der Waals surface area contributed by atoms with Crippen LogP contribution in [0, 0.1) is 17.8 Å². The number of halogens is 3. The normalized spacial score (nSPS) is 38.2. The fraction of sp³-hybridized carbons (Fsp3) is 0.720. The average Bonchev–Trinajstić information content (AvgIpc) is 3.18. The molecule has 1 aromatic carbocycles. The Morgan fingerprint density at radius 2 is 1.69 bits per heavy atom. The minimum atomic E-state index is -4.92. The molecule has 4 saturated carbocycles. The van der Waals surface area contributed by atoms with Gasteiger partial charge in [-0.3, -0.25) is 4.79 Å². The van der Waals surface area contributed by atoms with Crippen molar-refractivity contribution in [1.82, 2.24) is 9.62 Å². The predicted molar refractivity (Wildman–Crippen MR) is 124 cm³/mol. The van der Waals surface area contributed by atoms with Gasteiger partial charge in [0.05, 0.1) is 10.5 Å². The Hall–Kier alpha value is -1.69. The van der Waals surface area contributed by atoms with Gasteiger partial charge in [-0.25, -0.2) is 8.42 Å². The largest absolute Gasteiger partial charge is 0.421 e. The predicted octanol–water partition coefficient (Wildman–Crippen LogP) is 3.06. The Morgan fingerprint density at radius 1 is 1.11 bits per heavy atom. The van der Waals surface area contributed by atoms with Crippen LogP contribution in [-0.4, -0.2) is 58.7 Å². The molecule has 0 spiro atoms. The van der Waals surface area contributed by atoms with Gasteiger partial charge in [0, 0.05) is 12.6 Å². The van der Waals surface area contributed by atoms with Crippen molar-refractivity contribution in [2.24, 2.45) is 17.8 Å². The highest BCUT2D eigenvalue weighted by Gasteiger charge is 2.57. The minimum absolute atomic E-state index is 0.0970. The van der Waals surface area contributed by atoms with Crippen molar-refractivity contribution < 1.29 is 36.6 Å². The van der Waals surface area contributed by atoms with Crippen LogP contribution in [0.5, 0.6) is 0 Å². The second-order valence-electron chi connectivity index (χ2n) is 11.7. The van der Waals surface area contributed by atoms with E-state index in [1.54, 1.807) is 6.92 Å². The maximum Gasteiger partial charge on any atom is 0.421 e. The van der Waals surface area contributed by atoms with Gasteiger partial charge < -0.3 is 15.5 Å². The van der Waals surface area contributed by atoms with E-state index in [0.717, 1.165) is 47.8 Å². The van der Waals surface area contributed by atoms with Gasteiger partial charge in [-0.05, 0) is 94.2 Å². The molecule has 11 heteroatoms. The van der Waals surface area contributed by atoms with Crippen molar-refractivity contribution in [3.05, 3.63) is 29.8 Å². The van der Waals surface area contributed by atoms with Gasteiger partial charge >= 0.3 is 6.18 Å². The van der Waals surface area contributed by atoms with E-state index in [0.29, 0.717) is 38.5 Å². The summed E-state index contributed by atoms with van der Waals surface area (Å²) >= 11 is 0. The fourth-order valence-electron chi connectivity index (χ4n) is 7.32. The zero-order valence-electron chi connectivity index (χ0n) is 20.4. The number of sulfonamides is 1. The smallest absolute Gasteiger partial charge is 0.390 e. The number of carbonyl (C=O) groups is 1. The molecule has 7 nitrogen and oxygen atoms in total. The molecule has 200 valence electrons. The highest BCUT2D eigenvalue weighted by atomic mass is 32.2. The molecule has 5 fully saturated rings. The average molecular weight is 531 g/mol. The van der Waals surface area contributed by atoms with Crippen molar-refractivity contribution in [1.29, 1.82) is 0 Å². The summed E-state index contributed by atoms with van der Waals surface area (Å²) in [6, 6.07) is 3.89. The highest BCUT2D eigenvalue weighted by molar-refractivity contribution is 7.89. The lowest BCUT2D eigenvalue weighted by molar-refractivity contribution is -0.258. The second-order valence-corrected chi connectivity index (χ2v) is 13.6. The highest BCUT2D eigenvalue weighted by Crippen LogP contribution is 2.55.